The fourth-order valence-electron chi connectivity index (χ4n) is 0.275. The predicted molar refractivity (Wildman–Crippen MR) is 45.9 cm³/mol. The molecular weight excluding hydrogens is 152 g/mol. The van der Waals surface area contributed by atoms with Crippen molar-refractivity contribution in [1.29, 1.82) is 0 Å². The average Bonchev–Trinajstić information content (AvgIpc) is 1.64. The van der Waals surface area contributed by atoms with Gasteiger partial charge in [-0.1, -0.05) is 32.5 Å². The van der Waals surface area contributed by atoms with E-state index in [0.29, 0.717) is 5.08 Å². The van der Waals surface area contributed by atoms with Gasteiger partial charge < -0.3 is 0 Å². The van der Waals surface area contributed by atoms with E-state index in [4.69, 9.17) is 0 Å². The van der Waals surface area contributed by atoms with Gasteiger partial charge in [-0.05, 0) is 0 Å². The molecular formula is C6H12OS2. The van der Waals surface area contributed by atoms with Gasteiger partial charge in [0.1, 0.15) is 0 Å². The van der Waals surface area contributed by atoms with E-state index in [1.807, 2.05) is 20.8 Å². The number of hydrogen-bond acceptors (Lipinski definition) is 3. The molecule has 1 nitrogen and oxygen atoms in total. The minimum Gasteiger partial charge on any atom is -0.287 e. The molecule has 0 radical (unpaired) electrons. The van der Waals surface area contributed by atoms with Gasteiger partial charge in [0, 0.05) is 10.5 Å². The van der Waals surface area contributed by atoms with Gasteiger partial charge in [0.25, 0.3) is 0 Å². The van der Waals surface area contributed by atoms with Gasteiger partial charge in [-0.2, -0.15) is 12.6 Å². The van der Waals surface area contributed by atoms with Crippen LogP contribution in [0, 0.1) is 5.41 Å². The third kappa shape index (κ3) is 3.87. The Labute approximate surface area is 66.0 Å². The van der Waals surface area contributed by atoms with Crippen molar-refractivity contribution in [2.45, 2.75) is 20.8 Å². The Bertz CT molecular complexity index is 104. The SMILES string of the molecule is CC(C)(C)C(=O)SCS. The van der Waals surface area contributed by atoms with Crippen LogP contribution in [-0.4, -0.2) is 10.2 Å². The van der Waals surface area contributed by atoms with Gasteiger partial charge >= 0.3 is 0 Å². The first-order chi connectivity index (χ1) is 3.98. The summed E-state index contributed by atoms with van der Waals surface area (Å²) >= 11 is 5.20. The van der Waals surface area contributed by atoms with Crippen molar-refractivity contribution in [3.05, 3.63) is 0 Å². The molecule has 0 saturated heterocycles. The van der Waals surface area contributed by atoms with Crippen LogP contribution < -0.4 is 0 Å². The summed E-state index contributed by atoms with van der Waals surface area (Å²) < 4.78 is 0. The average molecular weight is 164 g/mol. The van der Waals surface area contributed by atoms with Crippen molar-refractivity contribution in [2.24, 2.45) is 5.41 Å². The first kappa shape index (κ1) is 9.37. The molecule has 9 heavy (non-hydrogen) atoms. The van der Waals surface area contributed by atoms with Crippen LogP contribution in [0.15, 0.2) is 0 Å². The largest absolute Gasteiger partial charge is 0.287 e. The Morgan fingerprint density at radius 3 is 2.11 bits per heavy atom. The van der Waals surface area contributed by atoms with Crippen LogP contribution >= 0.6 is 24.4 Å². The highest BCUT2D eigenvalue weighted by molar-refractivity contribution is 8.20. The zero-order chi connectivity index (χ0) is 7.49. The second kappa shape index (κ2) is 3.52. The second-order valence-corrected chi connectivity index (χ2v) is 4.50. The van der Waals surface area contributed by atoms with E-state index in [-0.39, 0.29) is 10.5 Å². The molecule has 0 bridgehead atoms. The monoisotopic (exact) mass is 164 g/mol. The summed E-state index contributed by atoms with van der Waals surface area (Å²) in [5.41, 5.74) is -0.215. The fourth-order valence-corrected chi connectivity index (χ4v) is 1.18. The molecule has 0 aromatic rings. The lowest BCUT2D eigenvalue weighted by atomic mass is 10.00. The molecule has 0 aliphatic rings. The van der Waals surface area contributed by atoms with Crippen molar-refractivity contribution in [3.8, 4) is 0 Å². The molecule has 0 rings (SSSR count). The molecule has 54 valence electrons. The van der Waals surface area contributed by atoms with Crippen LogP contribution in [0.3, 0.4) is 0 Å². The molecule has 0 aliphatic carbocycles. The van der Waals surface area contributed by atoms with Crippen LogP contribution in [0.1, 0.15) is 20.8 Å². The standard InChI is InChI=1S/C6H12OS2/c1-6(2,3)5(7)9-4-8/h8H,4H2,1-3H3. The van der Waals surface area contributed by atoms with E-state index in [0.717, 1.165) is 0 Å². The maximum absolute atomic E-state index is 11.0. The van der Waals surface area contributed by atoms with Crippen LogP contribution in [0.2, 0.25) is 0 Å². The Hall–Kier alpha value is 0.370. The lowest BCUT2D eigenvalue weighted by Crippen LogP contribution is -2.16. The molecule has 0 aromatic heterocycles. The van der Waals surface area contributed by atoms with E-state index in [2.05, 4.69) is 12.6 Å². The third-order valence-electron chi connectivity index (χ3n) is 0.808. The summed E-state index contributed by atoms with van der Waals surface area (Å²) in [5, 5.41) is 0.785. The van der Waals surface area contributed by atoms with Gasteiger partial charge in [0.15, 0.2) is 5.12 Å². The quantitative estimate of drug-likeness (QED) is 0.472. The molecule has 0 spiro atoms. The van der Waals surface area contributed by atoms with E-state index in [9.17, 15) is 4.79 Å². The Morgan fingerprint density at radius 2 is 2.00 bits per heavy atom. The lowest BCUT2D eigenvalue weighted by molar-refractivity contribution is -0.117. The van der Waals surface area contributed by atoms with Crippen molar-refractivity contribution < 1.29 is 4.79 Å². The maximum Gasteiger partial charge on any atom is 0.195 e. The van der Waals surface area contributed by atoms with E-state index < -0.39 is 0 Å². The molecule has 0 aromatic carbocycles. The zero-order valence-corrected chi connectivity index (χ0v) is 7.68. The molecule has 0 N–H and O–H groups in total. The van der Waals surface area contributed by atoms with E-state index >= 15 is 0 Å². The topological polar surface area (TPSA) is 17.1 Å². The number of rotatable bonds is 1. The molecule has 0 heterocycles. The maximum atomic E-state index is 11.0. The van der Waals surface area contributed by atoms with Crippen molar-refractivity contribution in [3.63, 3.8) is 0 Å². The van der Waals surface area contributed by atoms with Gasteiger partial charge in [-0.15, -0.1) is 0 Å². The van der Waals surface area contributed by atoms with Gasteiger partial charge in [-0.25, -0.2) is 0 Å². The summed E-state index contributed by atoms with van der Waals surface area (Å²) in [4.78, 5) is 11.0. The smallest absolute Gasteiger partial charge is 0.195 e. The first-order valence-electron chi connectivity index (χ1n) is 2.76. The number of carbonyl (C=O) groups is 1. The Kier molecular flexibility index (Phi) is 3.66. The van der Waals surface area contributed by atoms with E-state index in [1.54, 1.807) is 0 Å². The van der Waals surface area contributed by atoms with E-state index in [1.165, 1.54) is 11.8 Å². The fraction of sp³-hybridized carbons (Fsp3) is 0.833. The molecule has 0 saturated carbocycles. The molecule has 0 amide bonds. The van der Waals surface area contributed by atoms with Crippen molar-refractivity contribution in [2.75, 3.05) is 5.08 Å². The predicted octanol–water partition coefficient (Wildman–Crippen LogP) is 2.18. The number of carbonyl (C=O) groups excluding carboxylic acids is 1. The molecule has 0 aliphatic heterocycles. The summed E-state index contributed by atoms with van der Waals surface area (Å²) in [6.45, 7) is 5.73. The summed E-state index contributed by atoms with van der Waals surface area (Å²) in [6, 6.07) is 0. The van der Waals surface area contributed by atoms with Crippen LogP contribution in [0.4, 0.5) is 0 Å². The highest BCUT2D eigenvalue weighted by atomic mass is 32.2. The number of hydrogen-bond donors (Lipinski definition) is 1. The second-order valence-electron chi connectivity index (χ2n) is 2.81. The zero-order valence-electron chi connectivity index (χ0n) is 5.97. The normalized spacial score (nSPS) is 11.6. The summed E-state index contributed by atoms with van der Waals surface area (Å²) in [6.07, 6.45) is 0. The van der Waals surface area contributed by atoms with Crippen molar-refractivity contribution >= 4 is 29.5 Å². The Morgan fingerprint density at radius 1 is 1.56 bits per heavy atom. The summed E-state index contributed by atoms with van der Waals surface area (Å²) in [7, 11) is 0. The number of thiol groups is 1. The molecule has 0 fully saturated rings. The third-order valence-corrected chi connectivity index (χ3v) is 2.20. The molecule has 0 atom stereocenters. The molecule has 0 unspecified atom stereocenters. The van der Waals surface area contributed by atoms with Crippen LogP contribution in [0.5, 0.6) is 0 Å². The van der Waals surface area contributed by atoms with Crippen LogP contribution in [-0.2, 0) is 4.79 Å². The highest BCUT2D eigenvalue weighted by Crippen LogP contribution is 2.22. The van der Waals surface area contributed by atoms with Crippen molar-refractivity contribution in [1.82, 2.24) is 0 Å². The van der Waals surface area contributed by atoms with Gasteiger partial charge in [0.2, 0.25) is 0 Å². The van der Waals surface area contributed by atoms with Gasteiger partial charge in [0.05, 0.1) is 0 Å². The van der Waals surface area contributed by atoms with Crippen LogP contribution in [0.25, 0.3) is 0 Å². The minimum absolute atomic E-state index is 0.206. The summed E-state index contributed by atoms with van der Waals surface area (Å²) in [5.74, 6) is 0. The van der Waals surface area contributed by atoms with Gasteiger partial charge in [-0.3, -0.25) is 4.79 Å². The molecule has 3 heteroatoms. The lowest BCUT2D eigenvalue weighted by Gasteiger charge is -2.13. The number of thioether (sulfide) groups is 1. The Balaban J connectivity index is 3.74. The minimum atomic E-state index is -0.215. The first-order valence-corrected chi connectivity index (χ1v) is 4.38. The highest BCUT2D eigenvalue weighted by Gasteiger charge is 2.20.